The average molecular weight is 522 g/mol. The first kappa shape index (κ1) is 26.7. The first-order chi connectivity index (χ1) is 16.7. The van der Waals surface area contributed by atoms with Gasteiger partial charge in [-0.1, -0.05) is 72.8 Å². The van der Waals surface area contributed by atoms with Crippen molar-refractivity contribution >= 4 is 25.8 Å². The number of para-hydroxylation sites is 2. The standard InChI is InChI=1S/2C9H7.2C6H6O.CH2.Zr/c2*1-2-5-9-7-3-6-8(9)4-1;2*7-6-4-2-1-3-5-6;;/h2*1-7H;2*1-5,7H;1H2;/q2*-1;;;;+2/p-2. The van der Waals surface area contributed by atoms with Crippen molar-refractivity contribution in [2.24, 2.45) is 0 Å². The second kappa shape index (κ2) is 16.1. The molecule has 0 amide bonds. The van der Waals surface area contributed by atoms with Crippen LogP contribution in [0.5, 0.6) is 11.5 Å². The summed E-state index contributed by atoms with van der Waals surface area (Å²) in [5.74, 6) is 0.144. The largest absolute Gasteiger partial charge is 0.872 e. The second-order valence-corrected chi connectivity index (χ2v) is 6.94. The van der Waals surface area contributed by atoms with Gasteiger partial charge in [0.25, 0.3) is 0 Å². The summed E-state index contributed by atoms with van der Waals surface area (Å²) in [5.41, 5.74) is 0. The SMILES string of the molecule is [CH2]=[Zr+2].[O-]c1ccccc1.[O-]c1ccccc1.c1ccc2[cH-]ccc2c1.c1ccc2[cH-]ccc2c1. The predicted molar refractivity (Wildman–Crippen MR) is 138 cm³/mol. The summed E-state index contributed by atoms with van der Waals surface area (Å²) in [6, 6.07) is 46.0. The van der Waals surface area contributed by atoms with Crippen LogP contribution in [-0.2, 0) is 24.2 Å². The molecule has 0 fully saturated rings. The van der Waals surface area contributed by atoms with Gasteiger partial charge in [0.1, 0.15) is 0 Å². The van der Waals surface area contributed by atoms with E-state index in [0.717, 1.165) is 0 Å². The molecule has 0 aliphatic carbocycles. The molecule has 0 aliphatic heterocycles. The molecule has 0 N–H and O–H groups in total. The number of fused-ring (bicyclic) bond motifs is 2. The predicted octanol–water partition coefficient (Wildman–Crippen LogP) is 6.60. The van der Waals surface area contributed by atoms with Gasteiger partial charge in [0, 0.05) is 0 Å². The minimum Gasteiger partial charge on any atom is -0.872 e. The summed E-state index contributed by atoms with van der Waals surface area (Å²) in [5, 5.41) is 25.9. The molecule has 3 heteroatoms. The summed E-state index contributed by atoms with van der Waals surface area (Å²) >= 11 is 1.30. The smallest absolute Gasteiger partial charge is 0.0623 e. The van der Waals surface area contributed by atoms with E-state index in [1.165, 1.54) is 70.0 Å². The van der Waals surface area contributed by atoms with E-state index in [4.69, 9.17) is 0 Å². The van der Waals surface area contributed by atoms with Crippen molar-refractivity contribution < 1.29 is 34.4 Å². The van der Waals surface area contributed by atoms with Crippen molar-refractivity contribution in [3.63, 3.8) is 0 Å². The van der Waals surface area contributed by atoms with Crippen molar-refractivity contribution in [2.45, 2.75) is 0 Å². The fourth-order valence-electron chi connectivity index (χ4n) is 2.98. The van der Waals surface area contributed by atoms with E-state index in [1.807, 2.05) is 12.1 Å². The van der Waals surface area contributed by atoms with Gasteiger partial charge < -0.3 is 10.2 Å². The molecular formula is C31H26O2Zr-2. The van der Waals surface area contributed by atoms with Gasteiger partial charge >= 0.3 is 28.4 Å². The fourth-order valence-corrected chi connectivity index (χ4v) is 2.98. The zero-order chi connectivity index (χ0) is 24.4. The fraction of sp³-hybridized carbons (Fsp3) is 0. The summed E-state index contributed by atoms with van der Waals surface area (Å²) in [6.07, 6.45) is 0. The van der Waals surface area contributed by atoms with Crippen molar-refractivity contribution in [1.82, 2.24) is 0 Å². The van der Waals surface area contributed by atoms with E-state index in [0.29, 0.717) is 0 Å². The van der Waals surface area contributed by atoms with Gasteiger partial charge in [-0.3, -0.25) is 0 Å². The number of rotatable bonds is 0. The molecule has 0 heterocycles. The Morgan fingerprint density at radius 1 is 0.441 bits per heavy atom. The van der Waals surface area contributed by atoms with Crippen LogP contribution in [0.2, 0.25) is 0 Å². The molecule has 0 bridgehead atoms. The Morgan fingerprint density at radius 2 is 0.765 bits per heavy atom. The number of hydrogen-bond acceptors (Lipinski definition) is 2. The third-order valence-corrected chi connectivity index (χ3v) is 4.58. The van der Waals surface area contributed by atoms with Crippen LogP contribution < -0.4 is 10.2 Å². The van der Waals surface area contributed by atoms with Crippen LogP contribution in [0.1, 0.15) is 0 Å². The second-order valence-electron chi connectivity index (χ2n) is 6.94. The quantitative estimate of drug-likeness (QED) is 0.211. The first-order valence-electron chi connectivity index (χ1n) is 10.7. The van der Waals surface area contributed by atoms with Gasteiger partial charge in [0.05, 0.1) is 0 Å². The summed E-state index contributed by atoms with van der Waals surface area (Å²) in [6.45, 7) is 0. The van der Waals surface area contributed by atoms with Crippen LogP contribution in [0.25, 0.3) is 21.5 Å². The molecule has 0 aliphatic rings. The first-order valence-corrected chi connectivity index (χ1v) is 12.5. The number of benzene rings is 4. The van der Waals surface area contributed by atoms with Crippen molar-refractivity contribution in [3.8, 4) is 11.5 Å². The zero-order valence-electron chi connectivity index (χ0n) is 18.9. The van der Waals surface area contributed by atoms with E-state index in [1.54, 1.807) is 24.3 Å². The van der Waals surface area contributed by atoms with Crippen molar-refractivity contribution in [3.05, 3.63) is 146 Å². The van der Waals surface area contributed by atoms with Gasteiger partial charge in [-0.2, -0.15) is 35.0 Å². The normalized spacial score (nSPS) is 9.12. The van der Waals surface area contributed by atoms with E-state index >= 15 is 0 Å². The van der Waals surface area contributed by atoms with Crippen molar-refractivity contribution in [2.75, 3.05) is 0 Å². The molecule has 2 nitrogen and oxygen atoms in total. The Labute approximate surface area is 216 Å². The minimum atomic E-state index is 0.0718. The number of hydrogen-bond donors (Lipinski definition) is 0. The van der Waals surface area contributed by atoms with Crippen LogP contribution in [-0.4, -0.2) is 4.21 Å². The van der Waals surface area contributed by atoms with Crippen molar-refractivity contribution in [1.29, 1.82) is 0 Å². The van der Waals surface area contributed by atoms with Gasteiger partial charge in [-0.05, 0) is 0 Å². The summed E-state index contributed by atoms with van der Waals surface area (Å²) in [4.78, 5) is 0. The van der Waals surface area contributed by atoms with E-state index < -0.39 is 0 Å². The molecular weight excluding hydrogens is 496 g/mol. The van der Waals surface area contributed by atoms with Gasteiger partial charge in [-0.15, -0.1) is 70.8 Å². The Morgan fingerprint density at radius 3 is 1.06 bits per heavy atom. The molecule has 0 radical (unpaired) electrons. The Balaban J connectivity index is 0.000000157. The van der Waals surface area contributed by atoms with Crippen LogP contribution in [0.15, 0.2) is 146 Å². The molecule has 6 rings (SSSR count). The van der Waals surface area contributed by atoms with Crippen LogP contribution in [0.3, 0.4) is 0 Å². The third kappa shape index (κ3) is 9.94. The van der Waals surface area contributed by atoms with Crippen LogP contribution >= 0.6 is 0 Å². The third-order valence-electron chi connectivity index (χ3n) is 4.58. The van der Waals surface area contributed by atoms with Crippen LogP contribution in [0, 0.1) is 0 Å². The molecule has 168 valence electrons. The molecule has 0 aromatic heterocycles. The maximum Gasteiger partial charge on any atom is -0.0623 e. The molecule has 34 heavy (non-hydrogen) atoms. The maximum atomic E-state index is 10.3. The van der Waals surface area contributed by atoms with E-state index in [2.05, 4.69) is 89.1 Å². The molecule has 6 aromatic rings. The van der Waals surface area contributed by atoms with E-state index in [-0.39, 0.29) is 11.5 Å². The van der Waals surface area contributed by atoms with Gasteiger partial charge in [0.2, 0.25) is 0 Å². The van der Waals surface area contributed by atoms with E-state index in [9.17, 15) is 10.2 Å². The Hall–Kier alpha value is -3.55. The average Bonchev–Trinajstić information content (AvgIpc) is 3.57. The Bertz CT molecular complexity index is 1140. The van der Waals surface area contributed by atoms with Gasteiger partial charge in [0.15, 0.2) is 0 Å². The summed E-state index contributed by atoms with van der Waals surface area (Å²) < 4.78 is 3.34. The topological polar surface area (TPSA) is 46.1 Å². The van der Waals surface area contributed by atoms with Gasteiger partial charge in [-0.25, -0.2) is 0 Å². The molecule has 0 spiro atoms. The maximum absolute atomic E-state index is 10.3. The minimum absolute atomic E-state index is 0.0718. The zero-order valence-corrected chi connectivity index (χ0v) is 21.3. The molecule has 6 aromatic carbocycles. The van der Waals surface area contributed by atoms with Crippen LogP contribution in [0.4, 0.5) is 0 Å². The molecule has 0 saturated heterocycles. The Kier molecular flexibility index (Phi) is 12.7. The molecule has 0 saturated carbocycles. The monoisotopic (exact) mass is 520 g/mol. The molecule has 0 unspecified atom stereocenters. The summed E-state index contributed by atoms with van der Waals surface area (Å²) in [7, 11) is 0. The molecule has 0 atom stereocenters.